The van der Waals surface area contributed by atoms with Gasteiger partial charge in [-0.1, -0.05) is 26.8 Å². The molecule has 0 bridgehead atoms. The molecule has 1 aromatic carbocycles. The highest BCUT2D eigenvalue weighted by Crippen LogP contribution is 2.22. The fourth-order valence-corrected chi connectivity index (χ4v) is 4.35. The Morgan fingerprint density at radius 2 is 1.93 bits per heavy atom. The van der Waals surface area contributed by atoms with Crippen molar-refractivity contribution in [1.29, 1.82) is 0 Å². The first kappa shape index (κ1) is 22.5. The van der Waals surface area contributed by atoms with Crippen LogP contribution in [-0.2, 0) is 13.1 Å². The molecule has 2 heterocycles. The van der Waals surface area contributed by atoms with Gasteiger partial charge in [0.1, 0.15) is 10.8 Å². The summed E-state index contributed by atoms with van der Waals surface area (Å²) in [5.41, 5.74) is 2.70. The quantitative estimate of drug-likeness (QED) is 0.519. The number of nitrogens with zero attached hydrogens (tertiary/aromatic N) is 4. The molecule has 0 spiro atoms. The van der Waals surface area contributed by atoms with Crippen LogP contribution in [0.3, 0.4) is 0 Å². The second-order valence-electron chi connectivity index (χ2n) is 7.81. The van der Waals surface area contributed by atoms with Gasteiger partial charge in [0.25, 0.3) is 0 Å². The molecule has 1 aromatic heterocycles. The fourth-order valence-electron chi connectivity index (χ4n) is 3.46. The van der Waals surface area contributed by atoms with Crippen molar-refractivity contribution in [3.8, 4) is 0 Å². The lowest BCUT2D eigenvalue weighted by atomic mass is 10.1. The molecule has 2 N–H and O–H groups in total. The van der Waals surface area contributed by atoms with Crippen molar-refractivity contribution >= 4 is 23.0 Å². The SMILES string of the molecule is CCN1CCN(c2ccc(CNC(=NC)NCc3nc(C(C)C)cs3)cc2F)CC1. The van der Waals surface area contributed by atoms with Gasteiger partial charge in [0.05, 0.1) is 17.9 Å². The Bertz CT molecular complexity index is 842. The molecule has 2 aromatic rings. The number of nitrogens with one attached hydrogen (secondary N) is 2. The molecule has 30 heavy (non-hydrogen) atoms. The van der Waals surface area contributed by atoms with E-state index >= 15 is 0 Å². The Morgan fingerprint density at radius 3 is 2.53 bits per heavy atom. The van der Waals surface area contributed by atoms with Crippen LogP contribution < -0.4 is 15.5 Å². The van der Waals surface area contributed by atoms with E-state index in [9.17, 15) is 4.39 Å². The van der Waals surface area contributed by atoms with Gasteiger partial charge in [-0.25, -0.2) is 9.37 Å². The van der Waals surface area contributed by atoms with Gasteiger partial charge in [0.15, 0.2) is 5.96 Å². The summed E-state index contributed by atoms with van der Waals surface area (Å²) in [7, 11) is 1.73. The van der Waals surface area contributed by atoms with E-state index in [1.807, 2.05) is 12.1 Å². The average molecular weight is 433 g/mol. The summed E-state index contributed by atoms with van der Waals surface area (Å²) < 4.78 is 14.7. The number of guanidine groups is 1. The van der Waals surface area contributed by atoms with Crippen molar-refractivity contribution in [1.82, 2.24) is 20.5 Å². The third kappa shape index (κ3) is 5.92. The third-order valence-electron chi connectivity index (χ3n) is 5.42. The van der Waals surface area contributed by atoms with E-state index in [0.29, 0.717) is 30.7 Å². The van der Waals surface area contributed by atoms with E-state index in [-0.39, 0.29) is 5.82 Å². The summed E-state index contributed by atoms with van der Waals surface area (Å²) in [5, 5.41) is 9.66. The Labute approximate surface area is 183 Å². The molecule has 1 aliphatic rings. The standard InChI is InChI=1S/C22H33FN6S/c1-5-28-8-10-29(11-9-28)20-7-6-17(12-18(20)23)13-25-22(24-4)26-14-21-27-19(15-30-21)16(2)3/h6-7,12,15-16H,5,8-11,13-14H2,1-4H3,(H2,24,25,26). The molecule has 164 valence electrons. The second-order valence-corrected chi connectivity index (χ2v) is 8.75. The summed E-state index contributed by atoms with van der Waals surface area (Å²) >= 11 is 1.65. The highest BCUT2D eigenvalue weighted by atomic mass is 32.1. The van der Waals surface area contributed by atoms with Crippen molar-refractivity contribution in [2.75, 3.05) is 44.7 Å². The van der Waals surface area contributed by atoms with Gasteiger partial charge in [-0.3, -0.25) is 4.99 Å². The van der Waals surface area contributed by atoms with Crippen LogP contribution in [0.25, 0.3) is 0 Å². The number of hydrogen-bond acceptors (Lipinski definition) is 5. The highest BCUT2D eigenvalue weighted by molar-refractivity contribution is 7.09. The van der Waals surface area contributed by atoms with Gasteiger partial charge in [0.2, 0.25) is 0 Å². The molecule has 8 heteroatoms. The second kappa shape index (κ2) is 10.7. The summed E-state index contributed by atoms with van der Waals surface area (Å²) in [6, 6.07) is 5.51. The van der Waals surface area contributed by atoms with Crippen LogP contribution in [0.15, 0.2) is 28.6 Å². The number of likely N-dealkylation sites (N-methyl/N-ethyl adjacent to an activating group) is 1. The molecule has 6 nitrogen and oxygen atoms in total. The maximum Gasteiger partial charge on any atom is 0.191 e. The number of piperazine rings is 1. The first-order valence-corrected chi connectivity index (χ1v) is 11.5. The minimum Gasteiger partial charge on any atom is -0.367 e. The smallest absolute Gasteiger partial charge is 0.191 e. The summed E-state index contributed by atoms with van der Waals surface area (Å²) in [4.78, 5) is 13.4. The number of thiazole rings is 1. The molecule has 3 rings (SSSR count). The van der Waals surface area contributed by atoms with Crippen molar-refractivity contribution in [2.45, 2.75) is 39.8 Å². The molecule has 0 radical (unpaired) electrons. The number of anilines is 1. The van der Waals surface area contributed by atoms with Crippen LogP contribution in [0, 0.1) is 5.82 Å². The molecule has 0 aliphatic carbocycles. The topological polar surface area (TPSA) is 55.8 Å². The van der Waals surface area contributed by atoms with E-state index in [4.69, 9.17) is 0 Å². The van der Waals surface area contributed by atoms with E-state index in [2.05, 4.69) is 56.6 Å². The molecular formula is C22H33FN6S. The molecule has 1 aliphatic heterocycles. The van der Waals surface area contributed by atoms with E-state index < -0.39 is 0 Å². The predicted molar refractivity (Wildman–Crippen MR) is 124 cm³/mol. The maximum absolute atomic E-state index is 14.7. The largest absolute Gasteiger partial charge is 0.367 e. The first-order valence-electron chi connectivity index (χ1n) is 10.6. The zero-order valence-electron chi connectivity index (χ0n) is 18.4. The normalized spacial score (nSPS) is 15.7. The summed E-state index contributed by atoms with van der Waals surface area (Å²) in [6.07, 6.45) is 0. The van der Waals surface area contributed by atoms with Gasteiger partial charge in [-0.05, 0) is 30.2 Å². The zero-order chi connectivity index (χ0) is 21.5. The monoisotopic (exact) mass is 432 g/mol. The summed E-state index contributed by atoms with van der Waals surface area (Å²) in [5.74, 6) is 0.948. The molecule has 0 saturated carbocycles. The van der Waals surface area contributed by atoms with Gasteiger partial charge in [-0.2, -0.15) is 0 Å². The number of aliphatic imine (C=N–C) groups is 1. The predicted octanol–water partition coefficient (Wildman–Crippen LogP) is 3.41. The third-order valence-corrected chi connectivity index (χ3v) is 6.29. The van der Waals surface area contributed by atoms with E-state index in [0.717, 1.165) is 49.0 Å². The minimum absolute atomic E-state index is 0.161. The lowest BCUT2D eigenvalue weighted by molar-refractivity contribution is 0.270. The lowest BCUT2D eigenvalue weighted by Gasteiger charge is -2.35. The average Bonchev–Trinajstić information content (AvgIpc) is 3.23. The number of halogens is 1. The molecule has 0 atom stereocenters. The van der Waals surface area contributed by atoms with Crippen LogP contribution in [0.1, 0.15) is 43.0 Å². The minimum atomic E-state index is -0.161. The first-order chi connectivity index (χ1) is 14.5. The Morgan fingerprint density at radius 1 is 1.20 bits per heavy atom. The molecule has 1 fully saturated rings. The van der Waals surface area contributed by atoms with Gasteiger partial charge in [0, 0.05) is 45.2 Å². The van der Waals surface area contributed by atoms with Gasteiger partial charge < -0.3 is 20.4 Å². The molecular weight excluding hydrogens is 399 g/mol. The van der Waals surface area contributed by atoms with Gasteiger partial charge in [-0.15, -0.1) is 11.3 Å². The number of aromatic nitrogens is 1. The van der Waals surface area contributed by atoms with E-state index in [1.54, 1.807) is 24.5 Å². The zero-order valence-corrected chi connectivity index (χ0v) is 19.2. The number of hydrogen-bond donors (Lipinski definition) is 2. The van der Waals surface area contributed by atoms with Crippen molar-refractivity contribution in [2.24, 2.45) is 4.99 Å². The van der Waals surface area contributed by atoms with Crippen molar-refractivity contribution in [3.63, 3.8) is 0 Å². The maximum atomic E-state index is 14.7. The number of rotatable bonds is 7. The Hall–Kier alpha value is -2.19. The van der Waals surface area contributed by atoms with Crippen LogP contribution in [0.4, 0.5) is 10.1 Å². The fraction of sp³-hybridized carbons (Fsp3) is 0.545. The Balaban J connectivity index is 1.51. The highest BCUT2D eigenvalue weighted by Gasteiger charge is 2.18. The van der Waals surface area contributed by atoms with E-state index in [1.165, 1.54) is 0 Å². The van der Waals surface area contributed by atoms with Gasteiger partial charge >= 0.3 is 0 Å². The summed E-state index contributed by atoms with van der Waals surface area (Å²) in [6.45, 7) is 12.3. The lowest BCUT2D eigenvalue weighted by Crippen LogP contribution is -2.46. The van der Waals surface area contributed by atoms with Crippen LogP contribution >= 0.6 is 11.3 Å². The van der Waals surface area contributed by atoms with Crippen LogP contribution in [0.5, 0.6) is 0 Å². The van der Waals surface area contributed by atoms with Crippen LogP contribution in [0.2, 0.25) is 0 Å². The Kier molecular flexibility index (Phi) is 8.04. The molecule has 0 amide bonds. The number of benzene rings is 1. The molecule has 1 saturated heterocycles. The van der Waals surface area contributed by atoms with Crippen molar-refractivity contribution in [3.05, 3.63) is 45.7 Å². The molecule has 0 unspecified atom stereocenters. The van der Waals surface area contributed by atoms with Crippen molar-refractivity contribution < 1.29 is 4.39 Å². The van der Waals surface area contributed by atoms with Crippen LogP contribution in [-0.4, -0.2) is 55.6 Å².